The topological polar surface area (TPSA) is 51.8 Å². The minimum Gasteiger partial charge on any atom is -0.508 e. The Balaban J connectivity index is 1.84. The van der Waals surface area contributed by atoms with Gasteiger partial charge in [0.15, 0.2) is 5.76 Å². The second kappa shape index (κ2) is 7.42. The molecule has 0 atom stereocenters. The molecule has 0 saturated carbocycles. The first-order valence-corrected chi connectivity index (χ1v) is 8.74. The van der Waals surface area contributed by atoms with E-state index < -0.39 is 0 Å². The molecule has 4 heteroatoms. The quantitative estimate of drug-likeness (QED) is 0.502. The Labute approximate surface area is 163 Å². The minimum atomic E-state index is 0.169. The molecule has 1 N–H and O–H groups in total. The van der Waals surface area contributed by atoms with Crippen LogP contribution >= 0.6 is 0 Å². The number of methoxy groups -OCH3 is 2. The number of aromatic hydroxyl groups is 1. The molecular formula is C24H18O4. The second-order valence-electron chi connectivity index (χ2n) is 6.19. The van der Waals surface area contributed by atoms with Gasteiger partial charge in [0.25, 0.3) is 0 Å². The largest absolute Gasteiger partial charge is 0.508 e. The van der Waals surface area contributed by atoms with Crippen LogP contribution in [-0.4, -0.2) is 19.3 Å². The van der Waals surface area contributed by atoms with Crippen molar-refractivity contribution in [2.24, 2.45) is 0 Å². The summed E-state index contributed by atoms with van der Waals surface area (Å²) in [5.41, 5.74) is 3.14. The zero-order chi connectivity index (χ0) is 19.5. The van der Waals surface area contributed by atoms with E-state index in [9.17, 15) is 5.11 Å². The highest BCUT2D eigenvalue weighted by molar-refractivity contribution is 5.92. The Kier molecular flexibility index (Phi) is 4.65. The van der Waals surface area contributed by atoms with Crippen LogP contribution in [0.4, 0.5) is 0 Å². The first kappa shape index (κ1) is 17.6. The summed E-state index contributed by atoms with van der Waals surface area (Å²) in [6, 6.07) is 20.2. The minimum absolute atomic E-state index is 0.169. The molecule has 4 nitrogen and oxygen atoms in total. The summed E-state index contributed by atoms with van der Waals surface area (Å²) < 4.78 is 16.5. The molecule has 0 aliphatic rings. The Morgan fingerprint density at radius 2 is 1.43 bits per heavy atom. The van der Waals surface area contributed by atoms with Gasteiger partial charge in [-0.1, -0.05) is 11.8 Å². The molecular weight excluding hydrogens is 352 g/mol. The first-order chi connectivity index (χ1) is 13.7. The van der Waals surface area contributed by atoms with Crippen molar-refractivity contribution >= 4 is 11.0 Å². The van der Waals surface area contributed by atoms with Gasteiger partial charge in [0.05, 0.1) is 19.8 Å². The van der Waals surface area contributed by atoms with Crippen molar-refractivity contribution in [2.45, 2.75) is 0 Å². The maximum atomic E-state index is 9.93. The molecule has 1 aromatic heterocycles. The first-order valence-electron chi connectivity index (χ1n) is 8.74. The molecule has 0 saturated heterocycles. The molecule has 0 radical (unpaired) electrons. The van der Waals surface area contributed by atoms with Gasteiger partial charge in [-0.15, -0.1) is 0 Å². The van der Waals surface area contributed by atoms with Gasteiger partial charge >= 0.3 is 0 Å². The molecule has 1 heterocycles. The van der Waals surface area contributed by atoms with E-state index in [2.05, 4.69) is 11.8 Å². The third kappa shape index (κ3) is 3.38. The third-order valence-corrected chi connectivity index (χ3v) is 4.45. The van der Waals surface area contributed by atoms with Crippen LogP contribution in [0, 0.1) is 11.8 Å². The lowest BCUT2D eigenvalue weighted by Gasteiger charge is -2.01. The lowest BCUT2D eigenvalue weighted by Crippen LogP contribution is -1.84. The Bertz CT molecular complexity index is 1170. The molecule has 0 spiro atoms. The van der Waals surface area contributed by atoms with Gasteiger partial charge < -0.3 is 19.0 Å². The fourth-order valence-electron chi connectivity index (χ4n) is 2.96. The van der Waals surface area contributed by atoms with Crippen LogP contribution in [0.5, 0.6) is 17.2 Å². The number of fused-ring (bicyclic) bond motifs is 1. The van der Waals surface area contributed by atoms with E-state index in [1.807, 2.05) is 48.5 Å². The van der Waals surface area contributed by atoms with E-state index in [-0.39, 0.29) is 5.75 Å². The molecule has 138 valence electrons. The van der Waals surface area contributed by atoms with E-state index >= 15 is 0 Å². The number of phenolic OH excluding ortho intramolecular Hbond substituents is 1. The predicted molar refractivity (Wildman–Crippen MR) is 109 cm³/mol. The SMILES string of the molecule is COc1ccc(C#Cc2c(-c3ccc(OC)cc3)oc3ccc(O)cc23)cc1. The van der Waals surface area contributed by atoms with Crippen LogP contribution in [0.1, 0.15) is 11.1 Å². The summed E-state index contributed by atoms with van der Waals surface area (Å²) in [5, 5.41) is 10.7. The zero-order valence-electron chi connectivity index (χ0n) is 15.5. The van der Waals surface area contributed by atoms with Crippen LogP contribution in [0.3, 0.4) is 0 Å². The van der Waals surface area contributed by atoms with E-state index in [0.29, 0.717) is 11.3 Å². The summed E-state index contributed by atoms with van der Waals surface area (Å²) in [6.07, 6.45) is 0. The normalized spacial score (nSPS) is 10.4. The Morgan fingerprint density at radius 3 is 2.07 bits per heavy atom. The van der Waals surface area contributed by atoms with Crippen molar-refractivity contribution in [1.29, 1.82) is 0 Å². The lowest BCUT2D eigenvalue weighted by atomic mass is 10.0. The number of hydrogen-bond donors (Lipinski definition) is 1. The van der Waals surface area contributed by atoms with Crippen molar-refractivity contribution in [2.75, 3.05) is 14.2 Å². The number of rotatable bonds is 3. The third-order valence-electron chi connectivity index (χ3n) is 4.45. The number of furan rings is 1. The van der Waals surface area contributed by atoms with Gasteiger partial charge in [-0.05, 0) is 66.7 Å². The van der Waals surface area contributed by atoms with Crippen molar-refractivity contribution in [3.05, 3.63) is 77.9 Å². The number of benzene rings is 3. The monoisotopic (exact) mass is 370 g/mol. The van der Waals surface area contributed by atoms with Gasteiger partial charge in [0, 0.05) is 16.5 Å². The predicted octanol–water partition coefficient (Wildman–Crippen LogP) is 5.22. The standard InChI is InChI=1S/C24H18O4/c1-26-19-9-3-16(4-10-19)5-13-21-22-15-18(25)8-14-23(22)28-24(21)17-6-11-20(27-2)12-7-17/h3-4,6-12,14-15,25H,1-2H3. The molecule has 0 aliphatic heterocycles. The van der Waals surface area contributed by atoms with Crippen LogP contribution in [0.2, 0.25) is 0 Å². The fourth-order valence-corrected chi connectivity index (χ4v) is 2.96. The number of ether oxygens (including phenoxy) is 2. The fraction of sp³-hybridized carbons (Fsp3) is 0.0833. The maximum Gasteiger partial charge on any atom is 0.151 e. The molecule has 28 heavy (non-hydrogen) atoms. The highest BCUT2D eigenvalue weighted by Gasteiger charge is 2.15. The molecule has 4 aromatic rings. The van der Waals surface area contributed by atoms with Crippen LogP contribution in [0.25, 0.3) is 22.3 Å². The smallest absolute Gasteiger partial charge is 0.151 e. The van der Waals surface area contributed by atoms with Crippen molar-refractivity contribution in [3.63, 3.8) is 0 Å². The average molecular weight is 370 g/mol. The summed E-state index contributed by atoms with van der Waals surface area (Å²) in [4.78, 5) is 0. The molecule has 0 amide bonds. The lowest BCUT2D eigenvalue weighted by molar-refractivity contribution is 0.414. The average Bonchev–Trinajstić information content (AvgIpc) is 3.10. The van der Waals surface area contributed by atoms with E-state index in [1.165, 1.54) is 0 Å². The van der Waals surface area contributed by atoms with Crippen molar-refractivity contribution < 1.29 is 19.0 Å². The molecule has 4 rings (SSSR count). The molecule has 3 aromatic carbocycles. The molecule has 0 bridgehead atoms. The van der Waals surface area contributed by atoms with Crippen molar-refractivity contribution in [1.82, 2.24) is 0 Å². The van der Waals surface area contributed by atoms with E-state index in [1.54, 1.807) is 32.4 Å². The summed E-state index contributed by atoms with van der Waals surface area (Å²) in [6.45, 7) is 0. The van der Waals surface area contributed by atoms with Gasteiger partial charge in [-0.3, -0.25) is 0 Å². The second-order valence-corrected chi connectivity index (χ2v) is 6.19. The maximum absolute atomic E-state index is 9.93. The summed E-state index contributed by atoms with van der Waals surface area (Å²) in [5.74, 6) is 8.76. The zero-order valence-corrected chi connectivity index (χ0v) is 15.5. The van der Waals surface area contributed by atoms with Crippen LogP contribution < -0.4 is 9.47 Å². The number of hydrogen-bond acceptors (Lipinski definition) is 4. The number of phenols is 1. The van der Waals surface area contributed by atoms with E-state index in [0.717, 1.165) is 33.6 Å². The van der Waals surface area contributed by atoms with E-state index in [4.69, 9.17) is 13.9 Å². The van der Waals surface area contributed by atoms with Crippen LogP contribution in [-0.2, 0) is 0 Å². The molecule has 0 aliphatic carbocycles. The van der Waals surface area contributed by atoms with Gasteiger partial charge in [0.2, 0.25) is 0 Å². The van der Waals surface area contributed by atoms with Crippen molar-refractivity contribution in [3.8, 4) is 40.4 Å². The Hall–Kier alpha value is -3.84. The van der Waals surface area contributed by atoms with Gasteiger partial charge in [-0.25, -0.2) is 0 Å². The highest BCUT2D eigenvalue weighted by Crippen LogP contribution is 2.35. The van der Waals surface area contributed by atoms with Gasteiger partial charge in [0.1, 0.15) is 22.8 Å². The summed E-state index contributed by atoms with van der Waals surface area (Å²) in [7, 11) is 3.26. The highest BCUT2D eigenvalue weighted by atomic mass is 16.5. The Morgan fingerprint density at radius 1 is 0.786 bits per heavy atom. The van der Waals surface area contributed by atoms with Gasteiger partial charge in [-0.2, -0.15) is 0 Å². The van der Waals surface area contributed by atoms with Crippen LogP contribution in [0.15, 0.2) is 71.1 Å². The molecule has 0 fully saturated rings. The summed E-state index contributed by atoms with van der Waals surface area (Å²) >= 11 is 0. The molecule has 0 unspecified atom stereocenters.